The molecule has 0 saturated carbocycles. The molecule has 0 amide bonds. The first kappa shape index (κ1) is 12.6. The topological polar surface area (TPSA) is 96.2 Å². The summed E-state index contributed by atoms with van der Waals surface area (Å²) in [5.41, 5.74) is 0. The van der Waals surface area contributed by atoms with E-state index in [4.69, 9.17) is 10.2 Å². The molecule has 0 saturated heterocycles. The van der Waals surface area contributed by atoms with Crippen LogP contribution in [0.5, 0.6) is 0 Å². The van der Waals surface area contributed by atoms with E-state index in [0.717, 1.165) is 0 Å². The van der Waals surface area contributed by atoms with Crippen LogP contribution in [0.15, 0.2) is 41.8 Å². The maximum atomic E-state index is 9.55. The summed E-state index contributed by atoms with van der Waals surface area (Å²) in [4.78, 5) is 23.6. The lowest BCUT2D eigenvalue weighted by Gasteiger charge is -1.77. The lowest BCUT2D eigenvalue weighted by atomic mass is 10.5. The van der Waals surface area contributed by atoms with Crippen molar-refractivity contribution in [3.05, 3.63) is 36.6 Å². The molecule has 6 nitrogen and oxygen atoms in total. The summed E-state index contributed by atoms with van der Waals surface area (Å²) in [6, 6.07) is 0. The number of hydrogen-bond donors (Lipinski definition) is 2. The van der Waals surface area contributed by atoms with Gasteiger partial charge >= 0.3 is 11.9 Å². The van der Waals surface area contributed by atoms with Gasteiger partial charge in [-0.3, -0.25) is 0 Å². The number of carbonyl (C=O) groups is 2. The maximum Gasteiger partial charge on any atom is 0.328 e. The standard InChI is InChI=1S/C5H5NO.C4H4O4/c1-2-4-6-7-5-3-1;5-3(6)1-2-4(7)8/h1-5H;1-2H,(H,5,6)(H,7,8)/b;2-1-. The Morgan fingerprint density at radius 1 is 1.07 bits per heavy atom. The van der Waals surface area contributed by atoms with Crippen molar-refractivity contribution in [3.8, 4) is 0 Å². The highest BCUT2D eigenvalue weighted by molar-refractivity contribution is 5.89. The van der Waals surface area contributed by atoms with Crippen molar-refractivity contribution in [1.82, 2.24) is 0 Å². The van der Waals surface area contributed by atoms with Gasteiger partial charge in [-0.2, -0.15) is 0 Å². The van der Waals surface area contributed by atoms with E-state index < -0.39 is 11.9 Å². The normalized spacial score (nSPS) is 12.5. The van der Waals surface area contributed by atoms with Crippen LogP contribution in [0.3, 0.4) is 0 Å². The number of aliphatic carboxylic acids is 2. The van der Waals surface area contributed by atoms with Crippen molar-refractivity contribution in [2.24, 2.45) is 5.16 Å². The molecular formula is C9H9NO5. The second kappa shape index (κ2) is 8.24. The molecule has 0 bridgehead atoms. The van der Waals surface area contributed by atoms with E-state index in [1.807, 2.05) is 6.08 Å². The number of hydrogen-bond acceptors (Lipinski definition) is 4. The highest BCUT2D eigenvalue weighted by Crippen LogP contribution is 1.83. The van der Waals surface area contributed by atoms with E-state index in [2.05, 4.69) is 9.99 Å². The maximum absolute atomic E-state index is 9.55. The van der Waals surface area contributed by atoms with Crippen LogP contribution < -0.4 is 0 Å². The zero-order valence-electron chi connectivity index (χ0n) is 7.61. The highest BCUT2D eigenvalue weighted by atomic mass is 16.6. The Morgan fingerprint density at radius 3 is 2.20 bits per heavy atom. The van der Waals surface area contributed by atoms with Crippen molar-refractivity contribution >= 4 is 18.2 Å². The summed E-state index contributed by atoms with van der Waals surface area (Å²) in [6.07, 6.45) is 9.62. The third kappa shape index (κ3) is 11.6. The van der Waals surface area contributed by atoms with Crippen LogP contribution in [0, 0.1) is 0 Å². The average Bonchev–Trinajstić information content (AvgIpc) is 2.47. The van der Waals surface area contributed by atoms with Crippen molar-refractivity contribution in [2.45, 2.75) is 0 Å². The van der Waals surface area contributed by atoms with E-state index in [-0.39, 0.29) is 0 Å². The highest BCUT2D eigenvalue weighted by Gasteiger charge is 1.88. The lowest BCUT2D eigenvalue weighted by Crippen LogP contribution is -1.91. The van der Waals surface area contributed by atoms with Gasteiger partial charge in [0.15, 0.2) is 0 Å². The van der Waals surface area contributed by atoms with Gasteiger partial charge in [0.1, 0.15) is 6.26 Å². The summed E-state index contributed by atoms with van der Waals surface area (Å²) in [5, 5.41) is 19.1. The smallest absolute Gasteiger partial charge is 0.328 e. The number of rotatable bonds is 2. The number of carboxylic acids is 2. The largest absolute Gasteiger partial charge is 0.478 e. The molecule has 15 heavy (non-hydrogen) atoms. The Labute approximate surface area is 85.5 Å². The van der Waals surface area contributed by atoms with E-state index >= 15 is 0 Å². The monoisotopic (exact) mass is 211 g/mol. The van der Waals surface area contributed by atoms with Crippen LogP contribution in [0.2, 0.25) is 0 Å². The van der Waals surface area contributed by atoms with Gasteiger partial charge in [0.25, 0.3) is 0 Å². The Hall–Kier alpha value is -2.37. The van der Waals surface area contributed by atoms with E-state index in [0.29, 0.717) is 12.2 Å². The summed E-state index contributed by atoms with van der Waals surface area (Å²) < 4.78 is 0. The molecule has 0 aromatic carbocycles. The Kier molecular flexibility index (Phi) is 6.94. The Morgan fingerprint density at radius 2 is 1.67 bits per heavy atom. The van der Waals surface area contributed by atoms with Crippen molar-refractivity contribution in [2.75, 3.05) is 0 Å². The lowest BCUT2D eigenvalue weighted by molar-refractivity contribution is -0.134. The molecule has 1 rings (SSSR count). The van der Waals surface area contributed by atoms with Crippen LogP contribution in [0.4, 0.5) is 0 Å². The molecule has 0 aromatic heterocycles. The average molecular weight is 211 g/mol. The predicted molar refractivity (Wildman–Crippen MR) is 52.3 cm³/mol. The summed E-state index contributed by atoms with van der Waals surface area (Å²) in [7, 11) is 0. The quantitative estimate of drug-likeness (QED) is 0.658. The second-order valence-electron chi connectivity index (χ2n) is 2.08. The van der Waals surface area contributed by atoms with Crippen molar-refractivity contribution in [1.29, 1.82) is 0 Å². The number of oxime groups is 1. The molecule has 0 atom stereocenters. The fourth-order valence-electron chi connectivity index (χ4n) is 0.442. The Bertz CT molecular complexity index is 297. The first-order valence-electron chi connectivity index (χ1n) is 3.78. The van der Waals surface area contributed by atoms with Gasteiger partial charge in [0, 0.05) is 12.2 Å². The molecule has 80 valence electrons. The molecular weight excluding hydrogens is 202 g/mol. The van der Waals surface area contributed by atoms with Gasteiger partial charge in [-0.25, -0.2) is 9.59 Å². The zero-order valence-corrected chi connectivity index (χ0v) is 7.61. The SMILES string of the molecule is C1=CC=NOC=C1.O=C(O)/C=C\C(=O)O. The van der Waals surface area contributed by atoms with E-state index in [1.165, 1.54) is 6.26 Å². The summed E-state index contributed by atoms with van der Waals surface area (Å²) in [5.74, 6) is -2.51. The van der Waals surface area contributed by atoms with Crippen LogP contribution in [0.1, 0.15) is 0 Å². The second-order valence-corrected chi connectivity index (χ2v) is 2.08. The first-order valence-corrected chi connectivity index (χ1v) is 3.78. The predicted octanol–water partition coefficient (Wildman–Crippen LogP) is 0.784. The van der Waals surface area contributed by atoms with Crippen molar-refractivity contribution in [3.63, 3.8) is 0 Å². The van der Waals surface area contributed by atoms with Crippen LogP contribution in [-0.2, 0) is 14.4 Å². The minimum absolute atomic E-state index is 0.558. The number of nitrogens with zero attached hydrogens (tertiary/aromatic N) is 1. The minimum atomic E-state index is -1.26. The van der Waals surface area contributed by atoms with Gasteiger partial charge in [-0.15, -0.1) is 0 Å². The fraction of sp³-hybridized carbons (Fsp3) is 0. The third-order valence-electron chi connectivity index (χ3n) is 0.938. The molecule has 0 unspecified atom stereocenters. The summed E-state index contributed by atoms with van der Waals surface area (Å²) >= 11 is 0. The molecule has 1 heterocycles. The van der Waals surface area contributed by atoms with Gasteiger partial charge < -0.3 is 15.1 Å². The first-order chi connectivity index (χ1) is 7.13. The molecule has 1 aliphatic rings. The fourth-order valence-corrected chi connectivity index (χ4v) is 0.442. The van der Waals surface area contributed by atoms with Crippen LogP contribution in [0.25, 0.3) is 0 Å². The van der Waals surface area contributed by atoms with E-state index in [1.54, 1.807) is 18.4 Å². The zero-order chi connectivity index (χ0) is 11.5. The van der Waals surface area contributed by atoms with Crippen molar-refractivity contribution < 1.29 is 24.6 Å². The summed E-state index contributed by atoms with van der Waals surface area (Å²) in [6.45, 7) is 0. The molecule has 0 aromatic rings. The molecule has 0 fully saturated rings. The van der Waals surface area contributed by atoms with Gasteiger partial charge in [0.05, 0.1) is 6.21 Å². The molecule has 0 radical (unpaired) electrons. The molecule has 2 N–H and O–H groups in total. The van der Waals surface area contributed by atoms with Gasteiger partial charge in [-0.05, 0) is 12.2 Å². The molecule has 6 heteroatoms. The molecule has 0 aliphatic carbocycles. The van der Waals surface area contributed by atoms with Crippen LogP contribution >= 0.6 is 0 Å². The van der Waals surface area contributed by atoms with E-state index in [9.17, 15) is 9.59 Å². The number of allylic oxidation sites excluding steroid dienone is 3. The Balaban J connectivity index is 0.000000262. The molecule has 0 spiro atoms. The number of carboxylic acid groups (broad SMARTS) is 2. The minimum Gasteiger partial charge on any atom is -0.478 e. The molecule has 1 aliphatic heterocycles. The van der Waals surface area contributed by atoms with Gasteiger partial charge in [-0.1, -0.05) is 11.2 Å². The van der Waals surface area contributed by atoms with Crippen LogP contribution in [-0.4, -0.2) is 28.4 Å². The third-order valence-corrected chi connectivity index (χ3v) is 0.938. The van der Waals surface area contributed by atoms with Gasteiger partial charge in [0.2, 0.25) is 0 Å².